The van der Waals surface area contributed by atoms with Gasteiger partial charge in [0, 0.05) is 24.1 Å². The lowest BCUT2D eigenvalue weighted by Gasteiger charge is -2.17. The van der Waals surface area contributed by atoms with E-state index in [0.717, 1.165) is 17.8 Å². The molecule has 2 rings (SSSR count). The Balaban J connectivity index is 2.25. The molecule has 118 valence electrons. The molecule has 0 fully saturated rings. The van der Waals surface area contributed by atoms with Crippen LogP contribution in [0.2, 0.25) is 0 Å². The van der Waals surface area contributed by atoms with Crippen LogP contribution in [0.15, 0.2) is 38.8 Å². The summed E-state index contributed by atoms with van der Waals surface area (Å²) in [6.07, 6.45) is 1.53. The number of carbonyl (C=O) groups excluding carboxylic acids is 1. The topological polar surface area (TPSA) is 38.1 Å². The maximum atomic E-state index is 13.7. The van der Waals surface area contributed by atoms with Gasteiger partial charge in [-0.1, -0.05) is 11.8 Å². The summed E-state index contributed by atoms with van der Waals surface area (Å²) in [6.45, 7) is 4.90. The summed E-state index contributed by atoms with van der Waals surface area (Å²) in [5, 5.41) is 4.60. The van der Waals surface area contributed by atoms with Crippen molar-refractivity contribution in [1.82, 2.24) is 14.7 Å². The summed E-state index contributed by atoms with van der Waals surface area (Å²) in [6, 6.07) is 3.08. The van der Waals surface area contributed by atoms with Crippen LogP contribution in [0.1, 0.15) is 13.8 Å². The molecule has 2 aromatic rings. The van der Waals surface area contributed by atoms with E-state index in [0.29, 0.717) is 22.6 Å². The molecule has 0 aliphatic rings. The maximum Gasteiger partial charge on any atom is 0.344 e. The monoisotopic (exact) mass is 389 g/mol. The highest BCUT2D eigenvalue weighted by molar-refractivity contribution is 9.10. The first-order chi connectivity index (χ1) is 10.5. The predicted molar refractivity (Wildman–Crippen MR) is 84.1 cm³/mol. The summed E-state index contributed by atoms with van der Waals surface area (Å²) in [5.41, 5.74) is 0. The van der Waals surface area contributed by atoms with Crippen molar-refractivity contribution in [3.63, 3.8) is 0 Å². The van der Waals surface area contributed by atoms with E-state index in [1.807, 2.05) is 13.8 Å². The lowest BCUT2D eigenvalue weighted by atomic mass is 10.3. The van der Waals surface area contributed by atoms with Gasteiger partial charge in [0.25, 0.3) is 0 Å². The van der Waals surface area contributed by atoms with E-state index < -0.39 is 11.6 Å². The zero-order chi connectivity index (χ0) is 16.3. The standard InChI is InChI=1S/C14H14BrF2N3OS/c1-3-19(4-2)14(21)20-8-10(15)13(18-20)22-12-6-5-9(16)7-11(12)17/h5-8H,3-4H2,1-2H3. The minimum absolute atomic E-state index is 0.239. The largest absolute Gasteiger partial charge is 0.344 e. The van der Waals surface area contributed by atoms with E-state index in [-0.39, 0.29) is 10.9 Å². The van der Waals surface area contributed by atoms with Crippen LogP contribution in [-0.4, -0.2) is 33.8 Å². The molecule has 0 radical (unpaired) electrons. The van der Waals surface area contributed by atoms with Crippen molar-refractivity contribution in [3.05, 3.63) is 40.5 Å². The van der Waals surface area contributed by atoms with E-state index in [1.165, 1.54) is 23.0 Å². The summed E-state index contributed by atoms with van der Waals surface area (Å²) < 4.78 is 28.4. The number of hydrogen-bond donors (Lipinski definition) is 0. The van der Waals surface area contributed by atoms with Crippen LogP contribution in [0.5, 0.6) is 0 Å². The van der Waals surface area contributed by atoms with Crippen molar-refractivity contribution in [2.45, 2.75) is 23.8 Å². The Morgan fingerprint density at radius 1 is 1.36 bits per heavy atom. The number of halogens is 3. The molecule has 0 spiro atoms. The third kappa shape index (κ3) is 3.67. The van der Waals surface area contributed by atoms with Crippen molar-refractivity contribution in [2.24, 2.45) is 0 Å². The second-order valence-electron chi connectivity index (χ2n) is 4.36. The lowest BCUT2D eigenvalue weighted by molar-refractivity contribution is 0.201. The Morgan fingerprint density at radius 2 is 2.05 bits per heavy atom. The molecule has 4 nitrogen and oxygen atoms in total. The summed E-state index contributed by atoms with van der Waals surface area (Å²) in [4.78, 5) is 14.1. The first kappa shape index (κ1) is 17.0. The predicted octanol–water partition coefficient (Wildman–Crippen LogP) is 4.38. The van der Waals surface area contributed by atoms with Crippen LogP contribution in [-0.2, 0) is 0 Å². The fourth-order valence-electron chi connectivity index (χ4n) is 1.81. The molecule has 0 N–H and O–H groups in total. The van der Waals surface area contributed by atoms with Gasteiger partial charge >= 0.3 is 6.03 Å². The second kappa shape index (κ2) is 7.23. The van der Waals surface area contributed by atoms with Gasteiger partial charge in [-0.05, 0) is 41.9 Å². The zero-order valence-electron chi connectivity index (χ0n) is 12.0. The van der Waals surface area contributed by atoms with Crippen molar-refractivity contribution >= 4 is 33.7 Å². The first-order valence-corrected chi connectivity index (χ1v) is 8.24. The Morgan fingerprint density at radius 3 is 2.64 bits per heavy atom. The molecule has 0 aliphatic heterocycles. The zero-order valence-corrected chi connectivity index (χ0v) is 14.4. The van der Waals surface area contributed by atoms with Crippen LogP contribution < -0.4 is 0 Å². The van der Waals surface area contributed by atoms with Crippen LogP contribution >= 0.6 is 27.7 Å². The second-order valence-corrected chi connectivity index (χ2v) is 6.24. The highest BCUT2D eigenvalue weighted by Gasteiger charge is 2.18. The van der Waals surface area contributed by atoms with Gasteiger partial charge in [-0.25, -0.2) is 13.6 Å². The van der Waals surface area contributed by atoms with Gasteiger partial charge in [0.2, 0.25) is 0 Å². The number of amides is 1. The minimum atomic E-state index is -0.665. The van der Waals surface area contributed by atoms with Gasteiger partial charge in [-0.15, -0.1) is 0 Å². The Labute approximate surface area is 139 Å². The smallest absolute Gasteiger partial charge is 0.323 e. The fraction of sp³-hybridized carbons (Fsp3) is 0.286. The molecule has 1 aromatic heterocycles. The van der Waals surface area contributed by atoms with E-state index in [1.54, 1.807) is 4.90 Å². The molecule has 0 aliphatic carbocycles. The van der Waals surface area contributed by atoms with Crippen LogP contribution in [0.4, 0.5) is 13.6 Å². The molecule has 0 saturated heterocycles. The molecule has 1 heterocycles. The van der Waals surface area contributed by atoms with Crippen LogP contribution in [0.3, 0.4) is 0 Å². The number of aromatic nitrogens is 2. The fourth-order valence-corrected chi connectivity index (χ4v) is 3.10. The molecular formula is C14H14BrF2N3OS. The molecule has 1 aromatic carbocycles. The summed E-state index contributed by atoms with van der Waals surface area (Å²) in [7, 11) is 0. The maximum absolute atomic E-state index is 13.7. The molecule has 8 heteroatoms. The highest BCUT2D eigenvalue weighted by atomic mass is 79.9. The molecule has 0 unspecified atom stereocenters. The van der Waals surface area contributed by atoms with E-state index in [2.05, 4.69) is 21.0 Å². The highest BCUT2D eigenvalue weighted by Crippen LogP contribution is 2.33. The van der Waals surface area contributed by atoms with Gasteiger partial charge in [-0.3, -0.25) is 0 Å². The minimum Gasteiger partial charge on any atom is -0.323 e. The number of hydrogen-bond acceptors (Lipinski definition) is 3. The van der Waals surface area contributed by atoms with Crippen molar-refractivity contribution < 1.29 is 13.6 Å². The van der Waals surface area contributed by atoms with Gasteiger partial charge in [-0.2, -0.15) is 9.78 Å². The van der Waals surface area contributed by atoms with Crippen LogP contribution in [0.25, 0.3) is 0 Å². The molecule has 0 bridgehead atoms. The Hall–Kier alpha value is -1.41. The van der Waals surface area contributed by atoms with Crippen molar-refractivity contribution in [2.75, 3.05) is 13.1 Å². The third-order valence-corrected chi connectivity index (χ3v) is 4.86. The number of benzene rings is 1. The van der Waals surface area contributed by atoms with Gasteiger partial charge in [0.1, 0.15) is 16.7 Å². The van der Waals surface area contributed by atoms with Crippen molar-refractivity contribution in [1.29, 1.82) is 0 Å². The normalized spacial score (nSPS) is 10.8. The molecule has 0 saturated carbocycles. The lowest BCUT2D eigenvalue weighted by Crippen LogP contribution is -2.34. The van der Waals surface area contributed by atoms with E-state index >= 15 is 0 Å². The average molecular weight is 390 g/mol. The molecule has 22 heavy (non-hydrogen) atoms. The van der Waals surface area contributed by atoms with Crippen molar-refractivity contribution in [3.8, 4) is 0 Å². The molecule has 1 amide bonds. The Kier molecular flexibility index (Phi) is 5.57. The number of rotatable bonds is 4. The quantitative estimate of drug-likeness (QED) is 0.778. The SMILES string of the molecule is CCN(CC)C(=O)n1cc(Br)c(Sc2ccc(F)cc2F)n1. The van der Waals surface area contributed by atoms with Gasteiger partial charge < -0.3 is 4.90 Å². The van der Waals surface area contributed by atoms with E-state index in [9.17, 15) is 13.6 Å². The first-order valence-electron chi connectivity index (χ1n) is 6.63. The van der Waals surface area contributed by atoms with E-state index in [4.69, 9.17) is 0 Å². The van der Waals surface area contributed by atoms with Crippen LogP contribution in [0, 0.1) is 11.6 Å². The van der Waals surface area contributed by atoms with Gasteiger partial charge in [0.15, 0.2) is 0 Å². The summed E-state index contributed by atoms with van der Waals surface area (Å²) in [5.74, 6) is -1.30. The summed E-state index contributed by atoms with van der Waals surface area (Å²) >= 11 is 4.33. The third-order valence-electron chi connectivity index (χ3n) is 2.97. The Bertz CT molecular complexity index is 689. The number of carbonyl (C=O) groups is 1. The molecular weight excluding hydrogens is 376 g/mol. The number of nitrogens with zero attached hydrogens (tertiary/aromatic N) is 3. The average Bonchev–Trinajstić information content (AvgIpc) is 2.84. The molecule has 0 atom stereocenters. The van der Waals surface area contributed by atoms with Gasteiger partial charge in [0.05, 0.1) is 10.7 Å².